The fourth-order valence-corrected chi connectivity index (χ4v) is 2.77. The predicted molar refractivity (Wildman–Crippen MR) is 73.3 cm³/mol. The van der Waals surface area contributed by atoms with Crippen molar-refractivity contribution in [3.05, 3.63) is 29.6 Å². The second-order valence-electron chi connectivity index (χ2n) is 4.22. The molecule has 1 N–H and O–H groups in total. The summed E-state index contributed by atoms with van der Waals surface area (Å²) in [5.74, 6) is 0.935. The Labute approximate surface area is 106 Å². The maximum Gasteiger partial charge on any atom is 0.161 e. The van der Waals surface area contributed by atoms with Gasteiger partial charge < -0.3 is 5.32 Å². The van der Waals surface area contributed by atoms with Gasteiger partial charge in [-0.1, -0.05) is 18.7 Å². The van der Waals surface area contributed by atoms with Crippen LogP contribution in [0.3, 0.4) is 0 Å². The van der Waals surface area contributed by atoms with E-state index in [0.29, 0.717) is 11.6 Å². The van der Waals surface area contributed by atoms with Gasteiger partial charge in [-0.3, -0.25) is 4.99 Å². The van der Waals surface area contributed by atoms with Crippen LogP contribution in [0.5, 0.6) is 0 Å². The lowest BCUT2D eigenvalue weighted by Crippen LogP contribution is -2.19. The molecule has 0 saturated carbocycles. The summed E-state index contributed by atoms with van der Waals surface area (Å²) in [6, 6.07) is 5.48. The molecule has 92 valence electrons. The van der Waals surface area contributed by atoms with E-state index in [1.807, 2.05) is 6.07 Å². The minimum absolute atomic E-state index is 0.166. The van der Waals surface area contributed by atoms with Gasteiger partial charge in [-0.15, -0.1) is 0 Å². The number of amidine groups is 1. The summed E-state index contributed by atoms with van der Waals surface area (Å²) < 4.78 is 13.1. The monoisotopic (exact) mass is 252 g/mol. The second kappa shape index (κ2) is 5.54. The Balaban J connectivity index is 2.09. The average Bonchev–Trinajstić information content (AvgIpc) is 2.34. The van der Waals surface area contributed by atoms with Crippen molar-refractivity contribution in [1.29, 1.82) is 0 Å². The molecular formula is C13H17FN2S. The fourth-order valence-electron chi connectivity index (χ4n) is 1.77. The van der Waals surface area contributed by atoms with Gasteiger partial charge in [0.25, 0.3) is 0 Å². The Morgan fingerprint density at radius 1 is 1.53 bits per heavy atom. The first-order valence-electron chi connectivity index (χ1n) is 5.93. The van der Waals surface area contributed by atoms with E-state index in [-0.39, 0.29) is 5.82 Å². The molecule has 1 aromatic rings. The predicted octanol–water partition coefficient (Wildman–Crippen LogP) is 3.82. The maximum atomic E-state index is 13.1. The van der Waals surface area contributed by atoms with Crippen molar-refractivity contribution in [2.45, 2.75) is 32.7 Å². The number of nitrogens with one attached hydrogen (secondary N) is 1. The summed E-state index contributed by atoms with van der Waals surface area (Å²) in [6.45, 7) is 3.93. The highest BCUT2D eigenvalue weighted by molar-refractivity contribution is 8.14. The highest BCUT2D eigenvalue weighted by atomic mass is 32.2. The number of benzene rings is 1. The molecule has 1 heterocycles. The molecule has 17 heavy (non-hydrogen) atoms. The molecule has 0 spiro atoms. The minimum Gasteiger partial charge on any atom is -0.335 e. The molecule has 1 aromatic carbocycles. The van der Waals surface area contributed by atoms with Crippen LogP contribution in [0.4, 0.5) is 10.1 Å². The number of hydrogen-bond donors (Lipinski definition) is 1. The zero-order valence-electron chi connectivity index (χ0n) is 10.2. The number of aliphatic imine (C=N–C) groups is 1. The Kier molecular flexibility index (Phi) is 4.05. The van der Waals surface area contributed by atoms with Gasteiger partial charge in [0.1, 0.15) is 5.82 Å². The smallest absolute Gasteiger partial charge is 0.161 e. The molecule has 0 aromatic heterocycles. The van der Waals surface area contributed by atoms with Crippen LogP contribution in [0.2, 0.25) is 0 Å². The lowest BCUT2D eigenvalue weighted by Gasteiger charge is -2.19. The average molecular weight is 252 g/mol. The van der Waals surface area contributed by atoms with Crippen molar-refractivity contribution in [2.75, 3.05) is 11.1 Å². The topological polar surface area (TPSA) is 24.4 Å². The van der Waals surface area contributed by atoms with Gasteiger partial charge in [-0.25, -0.2) is 4.39 Å². The van der Waals surface area contributed by atoms with Crippen molar-refractivity contribution in [1.82, 2.24) is 0 Å². The first-order valence-corrected chi connectivity index (χ1v) is 6.91. The Bertz CT molecular complexity index is 431. The van der Waals surface area contributed by atoms with E-state index in [9.17, 15) is 4.39 Å². The van der Waals surface area contributed by atoms with Crippen molar-refractivity contribution < 1.29 is 4.39 Å². The van der Waals surface area contributed by atoms with Crippen LogP contribution in [0.25, 0.3) is 0 Å². The minimum atomic E-state index is -0.166. The summed E-state index contributed by atoms with van der Waals surface area (Å²) in [6.07, 6.45) is 2.23. The first-order chi connectivity index (χ1) is 8.19. The SMILES string of the molecule is CCC1CCSC(Nc2ccc(F)c(C)c2)=N1. The normalized spacial score (nSPS) is 19.9. The van der Waals surface area contributed by atoms with Gasteiger partial charge in [-0.2, -0.15) is 0 Å². The van der Waals surface area contributed by atoms with Gasteiger partial charge in [0.2, 0.25) is 0 Å². The molecule has 1 unspecified atom stereocenters. The molecule has 0 amide bonds. The first kappa shape index (κ1) is 12.4. The molecular weight excluding hydrogens is 235 g/mol. The third-order valence-corrected chi connectivity index (χ3v) is 3.79. The van der Waals surface area contributed by atoms with Gasteiger partial charge in [-0.05, 0) is 43.5 Å². The van der Waals surface area contributed by atoms with Crippen molar-refractivity contribution in [2.24, 2.45) is 4.99 Å². The summed E-state index contributed by atoms with van der Waals surface area (Å²) in [7, 11) is 0. The Morgan fingerprint density at radius 2 is 2.35 bits per heavy atom. The summed E-state index contributed by atoms with van der Waals surface area (Å²) in [5, 5.41) is 4.21. The maximum absolute atomic E-state index is 13.1. The number of aryl methyl sites for hydroxylation is 1. The molecule has 0 bridgehead atoms. The van der Waals surface area contributed by atoms with Crippen LogP contribution >= 0.6 is 11.8 Å². The number of halogens is 1. The van der Waals surface area contributed by atoms with E-state index in [0.717, 1.165) is 29.4 Å². The van der Waals surface area contributed by atoms with Crippen LogP contribution in [0.1, 0.15) is 25.3 Å². The fraction of sp³-hybridized carbons (Fsp3) is 0.462. The quantitative estimate of drug-likeness (QED) is 0.865. The third-order valence-electron chi connectivity index (χ3n) is 2.87. The zero-order chi connectivity index (χ0) is 12.3. The Hall–Kier alpha value is -1.03. The van der Waals surface area contributed by atoms with E-state index in [1.165, 1.54) is 6.07 Å². The highest BCUT2D eigenvalue weighted by Gasteiger charge is 2.14. The lowest BCUT2D eigenvalue weighted by atomic mass is 10.2. The molecule has 1 aliphatic heterocycles. The van der Waals surface area contributed by atoms with Crippen molar-refractivity contribution in [3.8, 4) is 0 Å². The Morgan fingerprint density at radius 3 is 3.06 bits per heavy atom. The largest absolute Gasteiger partial charge is 0.335 e. The van der Waals surface area contributed by atoms with E-state index < -0.39 is 0 Å². The molecule has 0 radical (unpaired) electrons. The van der Waals surface area contributed by atoms with Crippen molar-refractivity contribution in [3.63, 3.8) is 0 Å². The van der Waals surface area contributed by atoms with E-state index in [4.69, 9.17) is 0 Å². The van der Waals surface area contributed by atoms with Crippen LogP contribution in [0.15, 0.2) is 23.2 Å². The molecule has 2 nitrogen and oxygen atoms in total. The van der Waals surface area contributed by atoms with Gasteiger partial charge in [0, 0.05) is 11.4 Å². The summed E-state index contributed by atoms with van der Waals surface area (Å²) in [4.78, 5) is 4.62. The van der Waals surface area contributed by atoms with Crippen LogP contribution in [-0.2, 0) is 0 Å². The number of thioether (sulfide) groups is 1. The molecule has 0 aliphatic carbocycles. The highest BCUT2D eigenvalue weighted by Crippen LogP contribution is 2.22. The van der Waals surface area contributed by atoms with Gasteiger partial charge in [0.15, 0.2) is 5.17 Å². The van der Waals surface area contributed by atoms with Crippen molar-refractivity contribution >= 4 is 22.6 Å². The molecule has 0 saturated heterocycles. The standard InChI is InChI=1S/C13H17FN2S/c1-3-10-6-7-17-13(15-10)16-11-4-5-12(14)9(2)8-11/h4-5,8,10H,3,6-7H2,1-2H3,(H,15,16). The number of nitrogens with zero attached hydrogens (tertiary/aromatic N) is 1. The number of anilines is 1. The summed E-state index contributed by atoms with van der Waals surface area (Å²) in [5.41, 5.74) is 1.57. The zero-order valence-corrected chi connectivity index (χ0v) is 11.0. The van der Waals surface area contributed by atoms with Gasteiger partial charge >= 0.3 is 0 Å². The number of hydrogen-bond acceptors (Lipinski definition) is 3. The second-order valence-corrected chi connectivity index (χ2v) is 5.31. The molecule has 2 rings (SSSR count). The third kappa shape index (κ3) is 3.22. The van der Waals surface area contributed by atoms with E-state index >= 15 is 0 Å². The van der Waals surface area contributed by atoms with Crippen LogP contribution in [-0.4, -0.2) is 17.0 Å². The molecule has 0 fully saturated rings. The van der Waals surface area contributed by atoms with Crippen LogP contribution < -0.4 is 5.32 Å². The van der Waals surface area contributed by atoms with Gasteiger partial charge in [0.05, 0.1) is 6.04 Å². The lowest BCUT2D eigenvalue weighted by molar-refractivity contribution is 0.619. The van der Waals surface area contributed by atoms with E-state index in [1.54, 1.807) is 24.8 Å². The molecule has 4 heteroatoms. The molecule has 1 aliphatic rings. The summed E-state index contributed by atoms with van der Waals surface area (Å²) >= 11 is 1.73. The van der Waals surface area contributed by atoms with Crippen LogP contribution in [0, 0.1) is 12.7 Å². The van der Waals surface area contributed by atoms with E-state index in [2.05, 4.69) is 17.2 Å². The number of rotatable bonds is 2. The molecule has 1 atom stereocenters.